The Kier molecular flexibility index (Phi) is 5.57. The molecule has 2 fully saturated rings. The summed E-state index contributed by atoms with van der Waals surface area (Å²) in [5.41, 5.74) is 2.94. The first kappa shape index (κ1) is 19.3. The normalized spacial score (nSPS) is 17.9. The molecule has 3 rings (SSSR count). The molecule has 0 unspecified atom stereocenters. The fraction of sp³-hybridized carbons (Fsp3) is 0.389. The van der Waals surface area contributed by atoms with Crippen molar-refractivity contribution in [1.29, 1.82) is 0 Å². The average molecular weight is 387 g/mol. The second-order valence-electron chi connectivity index (χ2n) is 6.41. The van der Waals surface area contributed by atoms with Gasteiger partial charge in [-0.1, -0.05) is 30.3 Å². The van der Waals surface area contributed by atoms with Crippen LogP contribution in [-0.4, -0.2) is 70.6 Å². The summed E-state index contributed by atoms with van der Waals surface area (Å²) in [5.74, 6) is -2.52. The van der Waals surface area contributed by atoms with Gasteiger partial charge in [0.05, 0.1) is 6.54 Å². The van der Waals surface area contributed by atoms with Gasteiger partial charge in [-0.2, -0.15) is 0 Å². The van der Waals surface area contributed by atoms with E-state index in [1.165, 1.54) is 9.91 Å². The zero-order valence-corrected chi connectivity index (χ0v) is 15.4. The average Bonchev–Trinajstić information content (AvgIpc) is 2.71. The summed E-state index contributed by atoms with van der Waals surface area (Å²) in [7, 11) is 0. The van der Waals surface area contributed by atoms with Gasteiger partial charge in [0.25, 0.3) is 5.91 Å². The van der Waals surface area contributed by atoms with Crippen LogP contribution in [-0.2, 0) is 19.2 Å². The van der Waals surface area contributed by atoms with Crippen LogP contribution in [0.3, 0.4) is 0 Å². The minimum atomic E-state index is -1.13. The third-order valence-corrected chi connectivity index (χ3v) is 4.69. The lowest BCUT2D eigenvalue weighted by molar-refractivity contribution is -0.153. The number of hydrogen-bond acceptors (Lipinski definition) is 5. The van der Waals surface area contributed by atoms with Gasteiger partial charge in [0, 0.05) is 26.1 Å². The van der Waals surface area contributed by atoms with Gasteiger partial charge in [0.2, 0.25) is 5.91 Å². The summed E-state index contributed by atoms with van der Waals surface area (Å²) in [5, 5.41) is 3.67. The van der Waals surface area contributed by atoms with E-state index in [9.17, 15) is 24.0 Å². The minimum absolute atomic E-state index is 0.0397. The largest absolute Gasteiger partial charge is 0.333 e. The molecule has 2 N–H and O–H groups in total. The zero-order valence-electron chi connectivity index (χ0n) is 15.4. The lowest BCUT2D eigenvalue weighted by Gasteiger charge is -2.34. The van der Waals surface area contributed by atoms with Crippen LogP contribution in [0.4, 0.5) is 4.79 Å². The number of benzene rings is 1. The lowest BCUT2D eigenvalue weighted by Crippen LogP contribution is -2.60. The van der Waals surface area contributed by atoms with E-state index in [0.717, 1.165) is 4.90 Å². The Bertz CT molecular complexity index is 812. The predicted molar refractivity (Wildman–Crippen MR) is 96.2 cm³/mol. The second kappa shape index (κ2) is 8.07. The van der Waals surface area contributed by atoms with Crippen molar-refractivity contribution in [3.8, 4) is 0 Å². The molecule has 1 atom stereocenters. The lowest BCUT2D eigenvalue weighted by atomic mass is 10.1. The smallest absolute Gasteiger partial charge is 0.325 e. The van der Waals surface area contributed by atoms with E-state index in [1.807, 2.05) is 0 Å². The molecule has 1 aromatic rings. The number of likely N-dealkylation sites (N-methyl/N-ethyl adjacent to an activating group) is 1. The number of carbonyl (C=O) groups excluding carboxylic acids is 5. The van der Waals surface area contributed by atoms with Crippen LogP contribution >= 0.6 is 0 Å². The molecule has 2 heterocycles. The van der Waals surface area contributed by atoms with Crippen molar-refractivity contribution in [3.05, 3.63) is 35.9 Å². The summed E-state index contributed by atoms with van der Waals surface area (Å²) in [6.07, 6.45) is 0.348. The van der Waals surface area contributed by atoms with Crippen molar-refractivity contribution in [2.45, 2.75) is 19.4 Å². The number of nitrogens with zero attached hydrogens (tertiary/aromatic N) is 3. The van der Waals surface area contributed by atoms with Gasteiger partial charge in [-0.25, -0.2) is 4.79 Å². The van der Waals surface area contributed by atoms with Crippen LogP contribution in [0.15, 0.2) is 30.3 Å². The molecule has 28 heavy (non-hydrogen) atoms. The number of amides is 6. The number of urea groups is 1. The van der Waals surface area contributed by atoms with Crippen LogP contribution in [0.25, 0.3) is 0 Å². The van der Waals surface area contributed by atoms with E-state index in [2.05, 4.69) is 10.7 Å². The summed E-state index contributed by atoms with van der Waals surface area (Å²) in [4.78, 5) is 63.1. The first-order chi connectivity index (χ1) is 13.4. The van der Waals surface area contributed by atoms with Crippen molar-refractivity contribution < 1.29 is 24.0 Å². The van der Waals surface area contributed by atoms with Gasteiger partial charge in [-0.05, 0) is 12.5 Å². The van der Waals surface area contributed by atoms with Crippen molar-refractivity contribution in [3.63, 3.8) is 0 Å². The molecule has 2 saturated heterocycles. The Labute approximate surface area is 161 Å². The first-order valence-corrected chi connectivity index (χ1v) is 8.99. The minimum Gasteiger partial charge on any atom is -0.333 e. The molecular formula is C18H21N5O5. The van der Waals surface area contributed by atoms with E-state index in [-0.39, 0.29) is 19.0 Å². The number of β-lactam (4-membered cyclic amide) rings is 1. The third-order valence-electron chi connectivity index (χ3n) is 4.69. The summed E-state index contributed by atoms with van der Waals surface area (Å²) >= 11 is 0. The van der Waals surface area contributed by atoms with Gasteiger partial charge < -0.3 is 10.2 Å². The molecule has 1 aromatic carbocycles. The van der Waals surface area contributed by atoms with Crippen molar-refractivity contribution >= 4 is 29.7 Å². The molecular weight excluding hydrogens is 366 g/mol. The van der Waals surface area contributed by atoms with Crippen molar-refractivity contribution in [1.82, 2.24) is 25.6 Å². The van der Waals surface area contributed by atoms with E-state index in [0.29, 0.717) is 25.1 Å². The molecule has 10 heteroatoms. The monoisotopic (exact) mass is 387 g/mol. The molecule has 0 spiro atoms. The molecule has 0 aromatic heterocycles. The molecule has 6 amide bonds. The molecule has 0 aliphatic carbocycles. The molecule has 0 saturated carbocycles. The number of hydrogen-bond donors (Lipinski definition) is 2. The quantitative estimate of drug-likeness (QED) is 0.516. The Morgan fingerprint density at radius 1 is 1.04 bits per heavy atom. The predicted octanol–water partition coefficient (Wildman–Crippen LogP) is -0.608. The number of rotatable bonds is 5. The van der Waals surface area contributed by atoms with Crippen LogP contribution < -0.4 is 10.7 Å². The van der Waals surface area contributed by atoms with Gasteiger partial charge in [0.1, 0.15) is 6.04 Å². The summed E-state index contributed by atoms with van der Waals surface area (Å²) in [6.45, 7) is 2.79. The van der Waals surface area contributed by atoms with E-state index in [1.54, 1.807) is 37.3 Å². The van der Waals surface area contributed by atoms with Crippen molar-refractivity contribution in [2.75, 3.05) is 26.2 Å². The zero-order chi connectivity index (χ0) is 20.3. The maximum Gasteiger partial charge on any atom is 0.325 e. The number of hydrazine groups is 1. The molecule has 10 nitrogen and oxygen atoms in total. The van der Waals surface area contributed by atoms with E-state index in [4.69, 9.17) is 0 Å². The number of piperazine rings is 1. The fourth-order valence-electron chi connectivity index (χ4n) is 2.95. The van der Waals surface area contributed by atoms with Crippen LogP contribution in [0, 0.1) is 0 Å². The molecule has 2 aliphatic heterocycles. The molecule has 0 radical (unpaired) electrons. The number of nitrogens with one attached hydrogen (secondary N) is 2. The van der Waals surface area contributed by atoms with Crippen LogP contribution in [0.5, 0.6) is 0 Å². The number of carbonyl (C=O) groups is 5. The summed E-state index contributed by atoms with van der Waals surface area (Å²) < 4.78 is 0. The summed E-state index contributed by atoms with van der Waals surface area (Å²) in [6, 6.07) is 6.47. The van der Waals surface area contributed by atoms with Crippen LogP contribution in [0.1, 0.15) is 24.9 Å². The third kappa shape index (κ3) is 3.80. The van der Waals surface area contributed by atoms with Gasteiger partial charge in [-0.3, -0.25) is 34.5 Å². The highest BCUT2D eigenvalue weighted by Crippen LogP contribution is 2.16. The highest BCUT2D eigenvalue weighted by atomic mass is 16.2. The van der Waals surface area contributed by atoms with Gasteiger partial charge in [-0.15, -0.1) is 0 Å². The Hall–Kier alpha value is -3.43. The standard InChI is InChI=1S/C18H21N5O5/c1-2-21-10-11-22(17(27)16(21)26)18(28)19-14(12-6-4-3-5-7-12)15(25)20-23-9-8-13(23)24/h3-7,14H,2,8-11H2,1H3,(H,19,28)(H,20,25)/t14-/m1/s1. The van der Waals surface area contributed by atoms with Crippen molar-refractivity contribution in [2.24, 2.45) is 0 Å². The first-order valence-electron chi connectivity index (χ1n) is 8.99. The fourth-order valence-corrected chi connectivity index (χ4v) is 2.95. The maximum absolute atomic E-state index is 12.7. The second-order valence-corrected chi connectivity index (χ2v) is 6.41. The number of imide groups is 1. The Morgan fingerprint density at radius 3 is 2.32 bits per heavy atom. The van der Waals surface area contributed by atoms with Gasteiger partial charge >= 0.3 is 17.8 Å². The Morgan fingerprint density at radius 2 is 1.75 bits per heavy atom. The maximum atomic E-state index is 12.7. The molecule has 148 valence electrons. The molecule has 2 aliphatic rings. The Balaban J connectivity index is 1.74. The highest BCUT2D eigenvalue weighted by molar-refractivity contribution is 6.38. The topological polar surface area (TPSA) is 119 Å². The van der Waals surface area contributed by atoms with Crippen LogP contribution in [0.2, 0.25) is 0 Å². The molecule has 0 bridgehead atoms. The van der Waals surface area contributed by atoms with E-state index >= 15 is 0 Å². The SMILES string of the molecule is CCN1CCN(C(=O)N[C@@H](C(=O)NN2CCC2=O)c2ccccc2)C(=O)C1=O. The van der Waals surface area contributed by atoms with E-state index < -0.39 is 29.8 Å². The highest BCUT2D eigenvalue weighted by Gasteiger charge is 2.37. The van der Waals surface area contributed by atoms with Gasteiger partial charge in [0.15, 0.2) is 0 Å².